The third-order valence-corrected chi connectivity index (χ3v) is 4.56. The van der Waals surface area contributed by atoms with Gasteiger partial charge in [0.25, 0.3) is 11.8 Å². The molecule has 2 aromatic carbocycles. The summed E-state index contributed by atoms with van der Waals surface area (Å²) in [6.07, 6.45) is 0. The second kappa shape index (κ2) is 7.23. The molecule has 1 heterocycles. The van der Waals surface area contributed by atoms with E-state index in [1.165, 1.54) is 17.4 Å². The second-order valence-electron chi connectivity index (χ2n) is 5.14. The summed E-state index contributed by atoms with van der Waals surface area (Å²) in [5.74, 6) is -0.795. The molecule has 4 nitrogen and oxygen atoms in total. The molecule has 0 aliphatic rings. The number of fused-ring (bicyclic) bond motifs is 1. The van der Waals surface area contributed by atoms with Crippen LogP contribution in [0.2, 0.25) is 0 Å². The summed E-state index contributed by atoms with van der Waals surface area (Å²) in [5, 5.41) is 5.90. The molecular weight excluding hydrogens is 327 g/mol. The number of rotatable bonds is 5. The van der Waals surface area contributed by atoms with Crippen molar-refractivity contribution in [2.24, 2.45) is 0 Å². The highest BCUT2D eigenvalue weighted by molar-refractivity contribution is 7.20. The minimum Gasteiger partial charge on any atom is -0.350 e. The molecule has 0 aliphatic heterocycles. The van der Waals surface area contributed by atoms with Gasteiger partial charge in [0.1, 0.15) is 5.82 Å². The number of thiophene rings is 1. The molecule has 0 saturated heterocycles. The molecule has 122 valence electrons. The van der Waals surface area contributed by atoms with Crippen molar-refractivity contribution in [1.29, 1.82) is 0 Å². The molecule has 6 heteroatoms. The summed E-state index contributed by atoms with van der Waals surface area (Å²) in [6.45, 7) is 0.618. The Kier molecular flexibility index (Phi) is 4.86. The van der Waals surface area contributed by atoms with Crippen LogP contribution in [0.4, 0.5) is 4.39 Å². The summed E-state index contributed by atoms with van der Waals surface area (Å²) in [4.78, 5) is 24.4. The summed E-state index contributed by atoms with van der Waals surface area (Å²) >= 11 is 1.24. The van der Waals surface area contributed by atoms with Gasteiger partial charge in [0.2, 0.25) is 0 Å². The predicted molar refractivity (Wildman–Crippen MR) is 92.9 cm³/mol. The van der Waals surface area contributed by atoms with Gasteiger partial charge in [-0.2, -0.15) is 0 Å². The summed E-state index contributed by atoms with van der Waals surface area (Å²) < 4.78 is 14.4. The maximum Gasteiger partial charge on any atom is 0.261 e. The first-order valence-electron chi connectivity index (χ1n) is 7.44. The van der Waals surface area contributed by atoms with Crippen LogP contribution in [-0.4, -0.2) is 24.9 Å². The van der Waals surface area contributed by atoms with E-state index in [-0.39, 0.29) is 17.6 Å². The van der Waals surface area contributed by atoms with Gasteiger partial charge in [-0.3, -0.25) is 9.59 Å². The first kappa shape index (κ1) is 16.1. The third-order valence-electron chi connectivity index (χ3n) is 3.46. The van der Waals surface area contributed by atoms with E-state index >= 15 is 0 Å². The lowest BCUT2D eigenvalue weighted by Crippen LogP contribution is -2.34. The third kappa shape index (κ3) is 3.60. The molecule has 2 N–H and O–H groups in total. The number of carbonyl (C=O) groups is 2. The minimum absolute atomic E-state index is 0.186. The van der Waals surface area contributed by atoms with Crippen molar-refractivity contribution in [3.05, 3.63) is 70.9 Å². The molecule has 0 aliphatic carbocycles. The van der Waals surface area contributed by atoms with Gasteiger partial charge in [-0.1, -0.05) is 24.3 Å². The molecule has 3 rings (SSSR count). The molecule has 0 unspecified atom stereocenters. The largest absolute Gasteiger partial charge is 0.350 e. The van der Waals surface area contributed by atoms with Gasteiger partial charge >= 0.3 is 0 Å². The van der Waals surface area contributed by atoms with E-state index in [0.717, 1.165) is 4.70 Å². The van der Waals surface area contributed by atoms with Crippen molar-refractivity contribution in [1.82, 2.24) is 10.6 Å². The Morgan fingerprint density at radius 2 is 1.62 bits per heavy atom. The van der Waals surface area contributed by atoms with Crippen molar-refractivity contribution in [2.45, 2.75) is 0 Å². The van der Waals surface area contributed by atoms with Crippen LogP contribution < -0.4 is 10.6 Å². The SMILES string of the molecule is O=C(NCCNC(=O)c1cc2c(F)cccc2s1)c1ccccc1. The monoisotopic (exact) mass is 342 g/mol. The molecule has 0 saturated carbocycles. The number of nitrogens with one attached hydrogen (secondary N) is 2. The Bertz CT molecular complexity index is 877. The van der Waals surface area contributed by atoms with Crippen LogP contribution in [0.3, 0.4) is 0 Å². The fourth-order valence-electron chi connectivity index (χ4n) is 2.27. The normalized spacial score (nSPS) is 10.5. The van der Waals surface area contributed by atoms with Gasteiger partial charge in [-0.05, 0) is 30.3 Å². The number of halogens is 1. The van der Waals surface area contributed by atoms with E-state index < -0.39 is 0 Å². The molecule has 24 heavy (non-hydrogen) atoms. The molecule has 0 spiro atoms. The lowest BCUT2D eigenvalue weighted by molar-refractivity contribution is 0.0929. The van der Waals surface area contributed by atoms with Crippen LogP contribution in [0.15, 0.2) is 54.6 Å². The van der Waals surface area contributed by atoms with E-state index in [1.54, 1.807) is 42.5 Å². The van der Waals surface area contributed by atoms with Crippen molar-refractivity contribution in [3.8, 4) is 0 Å². The van der Waals surface area contributed by atoms with E-state index in [9.17, 15) is 14.0 Å². The Morgan fingerprint density at radius 3 is 2.33 bits per heavy atom. The number of amides is 2. The maximum absolute atomic E-state index is 13.6. The summed E-state index contributed by atoms with van der Waals surface area (Å²) in [5.41, 5.74) is 0.573. The van der Waals surface area contributed by atoms with Crippen LogP contribution in [0, 0.1) is 5.82 Å². The van der Waals surface area contributed by atoms with Gasteiger partial charge in [0.05, 0.1) is 4.88 Å². The number of benzene rings is 2. The number of hydrogen-bond acceptors (Lipinski definition) is 3. The molecule has 0 fully saturated rings. The topological polar surface area (TPSA) is 58.2 Å². The highest BCUT2D eigenvalue weighted by Crippen LogP contribution is 2.27. The second-order valence-corrected chi connectivity index (χ2v) is 6.22. The van der Waals surface area contributed by atoms with Gasteiger partial charge in [0, 0.05) is 28.7 Å². The fraction of sp³-hybridized carbons (Fsp3) is 0.111. The average Bonchev–Trinajstić information content (AvgIpc) is 3.05. The van der Waals surface area contributed by atoms with E-state index in [4.69, 9.17) is 0 Å². The van der Waals surface area contributed by atoms with Crippen molar-refractivity contribution < 1.29 is 14.0 Å². The number of hydrogen-bond donors (Lipinski definition) is 2. The Morgan fingerprint density at radius 1 is 0.917 bits per heavy atom. The zero-order valence-electron chi connectivity index (χ0n) is 12.7. The summed E-state index contributed by atoms with van der Waals surface area (Å²) in [6, 6.07) is 15.2. The van der Waals surface area contributed by atoms with Crippen molar-refractivity contribution in [2.75, 3.05) is 13.1 Å². The molecule has 2 amide bonds. The molecule has 0 bridgehead atoms. The van der Waals surface area contributed by atoms with Crippen LogP contribution in [-0.2, 0) is 0 Å². The minimum atomic E-state index is -0.335. The van der Waals surface area contributed by atoms with Gasteiger partial charge in [-0.25, -0.2) is 4.39 Å². The fourth-order valence-corrected chi connectivity index (χ4v) is 3.26. The smallest absolute Gasteiger partial charge is 0.261 e. The Balaban J connectivity index is 1.52. The van der Waals surface area contributed by atoms with Crippen LogP contribution in [0.25, 0.3) is 10.1 Å². The molecule has 0 atom stereocenters. The van der Waals surface area contributed by atoms with E-state index in [2.05, 4.69) is 10.6 Å². The maximum atomic E-state index is 13.6. The molecule has 1 aromatic heterocycles. The Labute approximate surface area is 142 Å². The van der Waals surface area contributed by atoms with Crippen molar-refractivity contribution >= 4 is 33.2 Å². The zero-order chi connectivity index (χ0) is 16.9. The zero-order valence-corrected chi connectivity index (χ0v) is 13.5. The highest BCUT2D eigenvalue weighted by Gasteiger charge is 2.12. The van der Waals surface area contributed by atoms with Crippen LogP contribution in [0.1, 0.15) is 20.0 Å². The average molecular weight is 342 g/mol. The molecule has 3 aromatic rings. The summed E-state index contributed by atoms with van der Waals surface area (Å²) in [7, 11) is 0. The number of carbonyl (C=O) groups excluding carboxylic acids is 2. The quantitative estimate of drug-likeness (QED) is 0.700. The lowest BCUT2D eigenvalue weighted by Gasteiger charge is -2.06. The predicted octanol–water partition coefficient (Wildman–Crippen LogP) is 3.20. The van der Waals surface area contributed by atoms with E-state index in [1.807, 2.05) is 6.07 Å². The van der Waals surface area contributed by atoms with Gasteiger partial charge in [0.15, 0.2) is 0 Å². The lowest BCUT2D eigenvalue weighted by atomic mass is 10.2. The first-order valence-corrected chi connectivity index (χ1v) is 8.26. The van der Waals surface area contributed by atoms with Crippen LogP contribution in [0.5, 0.6) is 0 Å². The van der Waals surface area contributed by atoms with E-state index in [0.29, 0.717) is 28.9 Å². The first-order chi connectivity index (χ1) is 11.6. The Hall–Kier alpha value is -2.73. The standard InChI is InChI=1S/C18H15FN2O2S/c19-14-7-4-8-15-13(14)11-16(24-15)18(23)21-10-9-20-17(22)12-5-2-1-3-6-12/h1-8,11H,9-10H2,(H,20,22)(H,21,23). The van der Waals surface area contributed by atoms with Gasteiger partial charge < -0.3 is 10.6 Å². The van der Waals surface area contributed by atoms with Crippen molar-refractivity contribution in [3.63, 3.8) is 0 Å². The molecular formula is C18H15FN2O2S. The molecule has 0 radical (unpaired) electrons. The van der Waals surface area contributed by atoms with Crippen LogP contribution >= 0.6 is 11.3 Å². The highest BCUT2D eigenvalue weighted by atomic mass is 32.1. The van der Waals surface area contributed by atoms with Gasteiger partial charge in [-0.15, -0.1) is 11.3 Å².